The molecule has 0 saturated heterocycles. The molecule has 1 heterocycles. The largest absolute Gasteiger partial charge is 0.467 e. The maximum absolute atomic E-state index is 12.9. The number of anilines is 1. The van der Waals surface area contributed by atoms with E-state index >= 15 is 0 Å². The van der Waals surface area contributed by atoms with E-state index < -0.39 is 0 Å². The first kappa shape index (κ1) is 21.8. The van der Waals surface area contributed by atoms with Crippen LogP contribution in [-0.2, 0) is 17.9 Å². The highest BCUT2D eigenvalue weighted by molar-refractivity contribution is 6.04. The van der Waals surface area contributed by atoms with Crippen molar-refractivity contribution in [1.82, 2.24) is 10.2 Å². The van der Waals surface area contributed by atoms with E-state index in [1.807, 2.05) is 30.1 Å². The number of rotatable bonds is 8. The second-order valence-electron chi connectivity index (χ2n) is 7.22. The van der Waals surface area contributed by atoms with Crippen LogP contribution in [0.4, 0.5) is 5.69 Å². The Morgan fingerprint density at radius 2 is 1.87 bits per heavy atom. The van der Waals surface area contributed by atoms with Gasteiger partial charge in [-0.1, -0.05) is 24.3 Å². The lowest BCUT2D eigenvalue weighted by Gasteiger charge is -2.24. The van der Waals surface area contributed by atoms with Crippen LogP contribution < -0.4 is 10.2 Å². The summed E-state index contributed by atoms with van der Waals surface area (Å²) >= 11 is 0. The summed E-state index contributed by atoms with van der Waals surface area (Å²) in [7, 11) is 3.50. The molecular weight excluding hydrogens is 392 g/mol. The first-order valence-electron chi connectivity index (χ1n) is 9.81. The lowest BCUT2D eigenvalue weighted by atomic mass is 10.1. The second-order valence-corrected chi connectivity index (χ2v) is 7.22. The van der Waals surface area contributed by atoms with E-state index in [-0.39, 0.29) is 24.9 Å². The summed E-state index contributed by atoms with van der Waals surface area (Å²) < 4.78 is 5.24. The molecule has 31 heavy (non-hydrogen) atoms. The number of amides is 2. The minimum absolute atomic E-state index is 0.148. The van der Waals surface area contributed by atoms with E-state index in [1.54, 1.807) is 55.8 Å². The Morgan fingerprint density at radius 3 is 2.61 bits per heavy atom. The Kier molecular flexibility index (Phi) is 7.20. The van der Waals surface area contributed by atoms with Gasteiger partial charge in [-0.2, -0.15) is 5.26 Å². The van der Waals surface area contributed by atoms with Crippen molar-refractivity contribution in [3.8, 4) is 6.07 Å². The third-order valence-electron chi connectivity index (χ3n) is 4.80. The lowest BCUT2D eigenvalue weighted by molar-refractivity contribution is -0.119. The van der Waals surface area contributed by atoms with Crippen molar-refractivity contribution < 1.29 is 14.0 Å². The van der Waals surface area contributed by atoms with Gasteiger partial charge in [-0.25, -0.2) is 0 Å². The van der Waals surface area contributed by atoms with E-state index in [9.17, 15) is 9.59 Å². The summed E-state index contributed by atoms with van der Waals surface area (Å²) in [5, 5.41) is 11.9. The van der Waals surface area contributed by atoms with Crippen LogP contribution in [0.2, 0.25) is 0 Å². The van der Waals surface area contributed by atoms with Crippen molar-refractivity contribution in [3.05, 3.63) is 89.4 Å². The molecule has 2 aromatic carbocycles. The zero-order valence-corrected chi connectivity index (χ0v) is 17.5. The van der Waals surface area contributed by atoms with Crippen molar-refractivity contribution in [1.29, 1.82) is 5.26 Å². The number of carbonyl (C=O) groups excluding carboxylic acids is 2. The van der Waals surface area contributed by atoms with Gasteiger partial charge in [0, 0.05) is 13.6 Å². The number of nitriles is 1. The summed E-state index contributed by atoms with van der Waals surface area (Å²) in [6.07, 6.45) is 1.55. The summed E-state index contributed by atoms with van der Waals surface area (Å²) in [5.74, 6) is 0.218. The maximum Gasteiger partial charge on any atom is 0.253 e. The molecule has 0 fully saturated rings. The molecule has 0 atom stereocenters. The van der Waals surface area contributed by atoms with Crippen molar-refractivity contribution in [2.75, 3.05) is 25.5 Å². The fourth-order valence-corrected chi connectivity index (χ4v) is 3.21. The second kappa shape index (κ2) is 10.2. The lowest BCUT2D eigenvalue weighted by Crippen LogP contribution is -2.37. The Hall–Kier alpha value is -3.89. The third-order valence-corrected chi connectivity index (χ3v) is 4.80. The molecule has 2 amide bonds. The molecule has 0 bridgehead atoms. The predicted octanol–water partition coefficient (Wildman–Crippen LogP) is 3.18. The summed E-state index contributed by atoms with van der Waals surface area (Å²) in [4.78, 5) is 28.9. The third kappa shape index (κ3) is 5.81. The first-order valence-corrected chi connectivity index (χ1v) is 9.81. The van der Waals surface area contributed by atoms with E-state index in [2.05, 4.69) is 11.4 Å². The van der Waals surface area contributed by atoms with Gasteiger partial charge < -0.3 is 14.6 Å². The van der Waals surface area contributed by atoms with Gasteiger partial charge in [0.15, 0.2) is 0 Å². The van der Waals surface area contributed by atoms with Gasteiger partial charge in [-0.05, 0) is 49.0 Å². The fourth-order valence-electron chi connectivity index (χ4n) is 3.21. The Bertz CT molecular complexity index is 1090. The molecule has 7 heteroatoms. The molecule has 0 radical (unpaired) electrons. The number of furan rings is 1. The summed E-state index contributed by atoms with van der Waals surface area (Å²) in [6.45, 7) is 0.957. The molecule has 1 aromatic heterocycles. The average molecular weight is 416 g/mol. The smallest absolute Gasteiger partial charge is 0.253 e. The average Bonchev–Trinajstić information content (AvgIpc) is 3.30. The quantitative estimate of drug-likeness (QED) is 0.609. The van der Waals surface area contributed by atoms with E-state index in [1.165, 1.54) is 4.90 Å². The topological polar surface area (TPSA) is 89.6 Å². The van der Waals surface area contributed by atoms with Crippen LogP contribution in [0, 0.1) is 11.3 Å². The van der Waals surface area contributed by atoms with Crippen LogP contribution in [0.25, 0.3) is 0 Å². The molecule has 0 unspecified atom stereocenters. The Labute approximate surface area is 181 Å². The molecule has 158 valence electrons. The number of para-hydroxylation sites is 1. The SMILES string of the molecule is CN(CC(=O)N(C)c1ccccc1C(=O)NCc1ccco1)Cc1cccc(C#N)c1. The molecule has 3 aromatic rings. The van der Waals surface area contributed by atoms with E-state index in [4.69, 9.17) is 9.68 Å². The number of nitrogens with zero attached hydrogens (tertiary/aromatic N) is 3. The highest BCUT2D eigenvalue weighted by Crippen LogP contribution is 2.20. The van der Waals surface area contributed by atoms with E-state index in [0.29, 0.717) is 29.1 Å². The van der Waals surface area contributed by atoms with Gasteiger partial charge in [-0.15, -0.1) is 0 Å². The van der Waals surface area contributed by atoms with Crippen LogP contribution >= 0.6 is 0 Å². The Balaban J connectivity index is 1.64. The first-order chi connectivity index (χ1) is 15.0. The Morgan fingerprint density at radius 1 is 1.06 bits per heavy atom. The standard InChI is InChI=1S/C24H24N4O3/c1-27(16-19-8-5-7-18(13-19)14-25)17-23(29)28(2)22-11-4-3-10-21(22)24(30)26-15-20-9-6-12-31-20/h3-13H,15-17H2,1-2H3,(H,26,30). The summed E-state index contributed by atoms with van der Waals surface area (Å²) in [6, 6.07) is 20.0. The van der Waals surface area contributed by atoms with Gasteiger partial charge in [0.05, 0.1) is 42.2 Å². The molecule has 3 rings (SSSR count). The highest BCUT2D eigenvalue weighted by Gasteiger charge is 2.19. The molecule has 0 spiro atoms. The van der Waals surface area contributed by atoms with Crippen LogP contribution in [0.3, 0.4) is 0 Å². The minimum Gasteiger partial charge on any atom is -0.467 e. The van der Waals surface area contributed by atoms with Crippen LogP contribution in [0.15, 0.2) is 71.3 Å². The number of hydrogen-bond acceptors (Lipinski definition) is 5. The van der Waals surface area contributed by atoms with Crippen molar-refractivity contribution in [3.63, 3.8) is 0 Å². The number of nitrogens with one attached hydrogen (secondary N) is 1. The number of likely N-dealkylation sites (N-methyl/N-ethyl adjacent to an activating group) is 2. The predicted molar refractivity (Wildman–Crippen MR) is 117 cm³/mol. The minimum atomic E-state index is -0.284. The molecule has 0 aliphatic heterocycles. The van der Waals surface area contributed by atoms with Crippen LogP contribution in [0.5, 0.6) is 0 Å². The van der Waals surface area contributed by atoms with Crippen molar-refractivity contribution in [2.45, 2.75) is 13.1 Å². The molecule has 0 aliphatic carbocycles. The molecule has 0 saturated carbocycles. The normalized spacial score (nSPS) is 10.5. The van der Waals surface area contributed by atoms with Crippen molar-refractivity contribution in [2.24, 2.45) is 0 Å². The zero-order valence-electron chi connectivity index (χ0n) is 17.5. The van der Waals surface area contributed by atoms with Gasteiger partial charge in [-0.3, -0.25) is 14.5 Å². The monoisotopic (exact) mass is 416 g/mol. The summed E-state index contributed by atoms with van der Waals surface area (Å²) in [5.41, 5.74) is 2.48. The zero-order chi connectivity index (χ0) is 22.2. The number of carbonyl (C=O) groups is 2. The number of hydrogen-bond donors (Lipinski definition) is 1. The number of benzene rings is 2. The van der Waals surface area contributed by atoms with Gasteiger partial charge in [0.1, 0.15) is 5.76 Å². The fraction of sp³-hybridized carbons (Fsp3) is 0.208. The highest BCUT2D eigenvalue weighted by atomic mass is 16.3. The molecule has 7 nitrogen and oxygen atoms in total. The van der Waals surface area contributed by atoms with Crippen molar-refractivity contribution >= 4 is 17.5 Å². The molecular formula is C24H24N4O3. The van der Waals surface area contributed by atoms with Crippen LogP contribution in [0.1, 0.15) is 27.2 Å². The van der Waals surface area contributed by atoms with Gasteiger partial charge in [0.2, 0.25) is 5.91 Å². The van der Waals surface area contributed by atoms with E-state index in [0.717, 1.165) is 5.56 Å². The molecule has 1 N–H and O–H groups in total. The maximum atomic E-state index is 12.9. The molecule has 0 aliphatic rings. The van der Waals surface area contributed by atoms with Crippen LogP contribution in [-0.4, -0.2) is 37.4 Å². The van der Waals surface area contributed by atoms with Gasteiger partial charge >= 0.3 is 0 Å². The van der Waals surface area contributed by atoms with Gasteiger partial charge in [0.25, 0.3) is 5.91 Å².